The summed E-state index contributed by atoms with van der Waals surface area (Å²) < 4.78 is 10.1. The summed E-state index contributed by atoms with van der Waals surface area (Å²) in [4.78, 5) is 30.5. The Balaban J connectivity index is 5.45. The third kappa shape index (κ3) is 2.69. The lowest BCUT2D eigenvalue weighted by Crippen LogP contribution is -2.33. The number of hydrogen-bond acceptors (Lipinski definition) is 6. The Hall–Kier alpha value is -1.64. The fourth-order valence-electron chi connectivity index (χ4n) is 0.881. The van der Waals surface area contributed by atoms with E-state index in [4.69, 9.17) is 0 Å². The van der Waals surface area contributed by atoms with E-state index in [-0.39, 0.29) is 5.54 Å². The van der Waals surface area contributed by atoms with Crippen LogP contribution in [0.4, 0.5) is 0 Å². The van der Waals surface area contributed by atoms with Gasteiger partial charge in [-0.1, -0.05) is 20.3 Å². The van der Waals surface area contributed by atoms with Gasteiger partial charge in [0, 0.05) is 5.54 Å². The van der Waals surface area contributed by atoms with E-state index in [0.717, 1.165) is 0 Å². The van der Waals surface area contributed by atoms with Gasteiger partial charge in [0.05, 0.1) is 0 Å². The number of hydrogen-bond donors (Lipinski definition) is 0. The first kappa shape index (κ1) is 12.4. The van der Waals surface area contributed by atoms with E-state index in [9.17, 15) is 14.4 Å². The summed E-state index contributed by atoms with van der Waals surface area (Å²) in [6.07, 6.45) is 4.45. The molecule has 0 N–H and O–H groups in total. The second-order valence-corrected chi connectivity index (χ2v) is 5.64. The average Bonchev–Trinajstić information content (AvgIpc) is 2.17. The first-order chi connectivity index (χ1) is 6.66. The molecule has 0 saturated heterocycles. The van der Waals surface area contributed by atoms with Gasteiger partial charge in [0.25, 0.3) is 0 Å². The molecule has 0 bridgehead atoms. The van der Waals surface area contributed by atoms with E-state index in [1.54, 1.807) is 6.92 Å². The van der Waals surface area contributed by atoms with Crippen molar-refractivity contribution >= 4 is 26.8 Å². The number of isocyanates is 3. The molecule has 0 heterocycles. The maximum atomic E-state index is 10.2. The van der Waals surface area contributed by atoms with Crippen LogP contribution in [0.3, 0.4) is 0 Å². The van der Waals surface area contributed by atoms with Crippen molar-refractivity contribution in [3.63, 3.8) is 0 Å². The van der Waals surface area contributed by atoms with Crippen molar-refractivity contribution < 1.29 is 14.4 Å². The molecule has 74 valence electrons. The summed E-state index contributed by atoms with van der Waals surface area (Å²) >= 11 is 0. The van der Waals surface area contributed by atoms with Gasteiger partial charge in [-0.25, -0.2) is 14.4 Å². The Morgan fingerprint density at radius 1 is 1.07 bits per heavy atom. The SMILES string of the molecule is CCC(C)[Si](N=C=O)(N=C=O)N=C=O. The largest absolute Gasteiger partial charge is 0.470 e. The molecule has 0 radical (unpaired) electrons. The summed E-state index contributed by atoms with van der Waals surface area (Å²) in [5.41, 5.74) is -0.244. The molecule has 7 heteroatoms. The van der Waals surface area contributed by atoms with Crippen molar-refractivity contribution in [1.82, 2.24) is 0 Å². The zero-order valence-electron chi connectivity index (χ0n) is 7.85. The lowest BCUT2D eigenvalue weighted by atomic mass is 10.4. The Bertz CT molecular complexity index is 293. The topological polar surface area (TPSA) is 88.3 Å². The predicted molar refractivity (Wildman–Crippen MR) is 49.8 cm³/mol. The Labute approximate surface area is 81.7 Å². The lowest BCUT2D eigenvalue weighted by Gasteiger charge is -2.17. The summed E-state index contributed by atoms with van der Waals surface area (Å²) in [6.45, 7) is 3.52. The van der Waals surface area contributed by atoms with Crippen molar-refractivity contribution in [2.24, 2.45) is 14.0 Å². The van der Waals surface area contributed by atoms with Crippen LogP contribution in [0.2, 0.25) is 5.54 Å². The highest BCUT2D eigenvalue weighted by molar-refractivity contribution is 6.78. The van der Waals surface area contributed by atoms with Gasteiger partial charge >= 0.3 is 8.56 Å². The first-order valence-electron chi connectivity index (χ1n) is 3.94. The number of carbonyl (C=O) groups excluding carboxylic acids is 3. The average molecular weight is 211 g/mol. The lowest BCUT2D eigenvalue weighted by molar-refractivity contribution is 0.563. The van der Waals surface area contributed by atoms with Crippen molar-refractivity contribution in [2.75, 3.05) is 0 Å². The molecular formula is C7H9N3O3Si. The summed E-state index contributed by atoms with van der Waals surface area (Å²) in [5, 5.41) is 0. The van der Waals surface area contributed by atoms with Crippen LogP contribution in [-0.2, 0) is 14.4 Å². The quantitative estimate of drug-likeness (QED) is 0.381. The van der Waals surface area contributed by atoms with Crippen LogP contribution in [0.5, 0.6) is 0 Å². The Morgan fingerprint density at radius 3 is 1.64 bits per heavy atom. The standard InChI is InChI=1S/C7H9N3O3Si/c1-3-7(2)14(8-4-11,9-5-12)10-6-13/h7H,3H2,1-2H3. The molecule has 0 fully saturated rings. The fourth-order valence-corrected chi connectivity index (χ4v) is 2.64. The van der Waals surface area contributed by atoms with Crippen LogP contribution < -0.4 is 0 Å². The third-order valence-corrected chi connectivity index (χ3v) is 4.90. The summed E-state index contributed by atoms with van der Waals surface area (Å²) in [5.74, 6) is 0. The van der Waals surface area contributed by atoms with E-state index in [1.165, 1.54) is 18.2 Å². The predicted octanol–water partition coefficient (Wildman–Crippen LogP) is 0.733. The van der Waals surface area contributed by atoms with Gasteiger partial charge in [-0.3, -0.25) is 0 Å². The summed E-state index contributed by atoms with van der Waals surface area (Å²) in [7, 11) is -3.29. The molecule has 0 aromatic rings. The third-order valence-electron chi connectivity index (χ3n) is 1.90. The van der Waals surface area contributed by atoms with Crippen LogP contribution in [0, 0.1) is 0 Å². The molecule has 0 aliphatic carbocycles. The number of rotatable bonds is 5. The van der Waals surface area contributed by atoms with Gasteiger partial charge < -0.3 is 0 Å². The minimum atomic E-state index is -3.29. The van der Waals surface area contributed by atoms with Crippen LogP contribution >= 0.6 is 0 Å². The fraction of sp³-hybridized carbons (Fsp3) is 0.571. The molecule has 0 amide bonds. The molecule has 0 aliphatic heterocycles. The minimum absolute atomic E-state index is 0.244. The van der Waals surface area contributed by atoms with E-state index in [0.29, 0.717) is 6.42 Å². The molecule has 0 aromatic carbocycles. The van der Waals surface area contributed by atoms with Gasteiger partial charge in [0.15, 0.2) is 0 Å². The van der Waals surface area contributed by atoms with Crippen molar-refractivity contribution in [2.45, 2.75) is 25.8 Å². The molecule has 0 spiro atoms. The second-order valence-electron chi connectivity index (χ2n) is 2.61. The monoisotopic (exact) mass is 211 g/mol. The molecule has 14 heavy (non-hydrogen) atoms. The molecule has 1 atom stereocenters. The highest BCUT2D eigenvalue weighted by Gasteiger charge is 2.41. The van der Waals surface area contributed by atoms with E-state index in [2.05, 4.69) is 14.0 Å². The molecule has 0 aromatic heterocycles. The minimum Gasteiger partial charge on any atom is -0.212 e. The molecule has 6 nitrogen and oxygen atoms in total. The smallest absolute Gasteiger partial charge is 0.212 e. The van der Waals surface area contributed by atoms with Crippen molar-refractivity contribution in [1.29, 1.82) is 0 Å². The maximum Gasteiger partial charge on any atom is 0.470 e. The molecule has 0 saturated carbocycles. The molecule has 1 unspecified atom stereocenters. The molecule has 0 rings (SSSR count). The first-order valence-corrected chi connectivity index (χ1v) is 5.85. The van der Waals surface area contributed by atoms with Gasteiger partial charge in [0.2, 0.25) is 18.2 Å². The van der Waals surface area contributed by atoms with Crippen molar-refractivity contribution in [3.8, 4) is 0 Å². The zero-order chi connectivity index (χ0) is 11.0. The van der Waals surface area contributed by atoms with Gasteiger partial charge in [-0.2, -0.15) is 14.0 Å². The Morgan fingerprint density at radius 2 is 1.43 bits per heavy atom. The highest BCUT2D eigenvalue weighted by atomic mass is 28.4. The molecule has 0 aliphatic rings. The van der Waals surface area contributed by atoms with E-state index >= 15 is 0 Å². The van der Waals surface area contributed by atoms with Crippen molar-refractivity contribution in [3.05, 3.63) is 0 Å². The van der Waals surface area contributed by atoms with Crippen LogP contribution in [0.15, 0.2) is 14.0 Å². The van der Waals surface area contributed by atoms with Gasteiger partial charge in [0.1, 0.15) is 0 Å². The second kappa shape index (κ2) is 5.91. The van der Waals surface area contributed by atoms with Gasteiger partial charge in [-0.05, 0) is 0 Å². The number of nitrogens with zero attached hydrogens (tertiary/aromatic N) is 3. The van der Waals surface area contributed by atoms with E-state index < -0.39 is 8.56 Å². The Kier molecular flexibility index (Phi) is 5.22. The normalized spacial score (nSPS) is 15.0. The zero-order valence-corrected chi connectivity index (χ0v) is 8.85. The van der Waals surface area contributed by atoms with E-state index in [1.807, 2.05) is 6.92 Å². The van der Waals surface area contributed by atoms with Crippen LogP contribution in [0.25, 0.3) is 0 Å². The van der Waals surface area contributed by atoms with Crippen LogP contribution in [-0.4, -0.2) is 26.8 Å². The molecular weight excluding hydrogens is 202 g/mol. The summed E-state index contributed by atoms with van der Waals surface area (Å²) in [6, 6.07) is 0. The highest BCUT2D eigenvalue weighted by Crippen LogP contribution is 2.27. The van der Waals surface area contributed by atoms with Crippen LogP contribution in [0.1, 0.15) is 20.3 Å². The van der Waals surface area contributed by atoms with Gasteiger partial charge in [-0.15, -0.1) is 0 Å². The maximum absolute atomic E-state index is 10.2.